The molecule has 0 N–H and O–H groups in total. The fourth-order valence-corrected chi connectivity index (χ4v) is 18.2. The van der Waals surface area contributed by atoms with Gasteiger partial charge in [0, 0.05) is 180 Å². The molecule has 0 aromatic heterocycles. The van der Waals surface area contributed by atoms with Crippen LogP contribution < -0.4 is 0 Å². The summed E-state index contributed by atoms with van der Waals surface area (Å²) in [5, 5.41) is 2.82. The van der Waals surface area contributed by atoms with Crippen molar-refractivity contribution < 1.29 is 21.9 Å². The third-order valence-corrected chi connectivity index (χ3v) is 24.5. The van der Waals surface area contributed by atoms with Crippen LogP contribution in [0.5, 0.6) is 0 Å². The van der Waals surface area contributed by atoms with Gasteiger partial charge in [-0.3, -0.25) is 39.2 Å². The fourth-order valence-electron chi connectivity index (χ4n) is 17.5. The van der Waals surface area contributed by atoms with Crippen molar-refractivity contribution >= 4 is 46.4 Å². The van der Waals surface area contributed by atoms with E-state index in [0.29, 0.717) is 83.3 Å². The smallest absolute Gasteiger partial charge is 0.0629 e. The van der Waals surface area contributed by atoms with Gasteiger partial charge < -0.3 is 0 Å². The highest BCUT2D eigenvalue weighted by atomic mass is 35.5. The summed E-state index contributed by atoms with van der Waals surface area (Å²) >= 11 is 25.5. The number of rotatable bonds is 8. The zero-order valence-electron chi connectivity index (χ0n) is 77.5. The third kappa shape index (κ3) is 16.1. The number of benzene rings is 8. The predicted octanol–water partition coefficient (Wildman–Crippen LogP) is 20.4. The summed E-state index contributed by atoms with van der Waals surface area (Å²) in [6, 6.07) is 46.0. The van der Waals surface area contributed by atoms with Crippen molar-refractivity contribution in [1.29, 1.82) is 0 Å². The van der Waals surface area contributed by atoms with Gasteiger partial charge in [-0.2, -0.15) is 0 Å². The highest BCUT2D eigenvalue weighted by molar-refractivity contribution is 6.31. The molecule has 8 nitrogen and oxygen atoms in total. The average molecular weight is 1460 g/mol. The van der Waals surface area contributed by atoms with E-state index < -0.39 is 31.5 Å². The van der Waals surface area contributed by atoms with Crippen LogP contribution in [0.4, 0.5) is 0 Å². The van der Waals surface area contributed by atoms with Gasteiger partial charge in [0.1, 0.15) is 0 Å². The van der Waals surface area contributed by atoms with E-state index in [1.165, 1.54) is 38.9 Å². The lowest BCUT2D eigenvalue weighted by Gasteiger charge is -2.47. The number of hydrogen-bond donors (Lipinski definition) is 0. The van der Waals surface area contributed by atoms with Crippen molar-refractivity contribution in [3.63, 3.8) is 0 Å². The van der Waals surface area contributed by atoms with Crippen molar-refractivity contribution in [2.45, 2.75) is 165 Å². The van der Waals surface area contributed by atoms with E-state index >= 15 is 0 Å². The first kappa shape index (κ1) is 56.9. The first-order valence-electron chi connectivity index (χ1n) is 44.5. The maximum absolute atomic E-state index is 8.66. The van der Waals surface area contributed by atoms with E-state index in [1.54, 1.807) is 23.6 Å². The topological polar surface area (TPSA) is 25.9 Å². The summed E-state index contributed by atoms with van der Waals surface area (Å²) in [5.74, 6) is 0.294. The number of halogens is 4. The Hall–Kier alpha value is -5.40. The molecular weight excluding hydrogens is 1330 g/mol. The Morgan fingerprint density at radius 2 is 0.647 bits per heavy atom. The Labute approximate surface area is 655 Å². The van der Waals surface area contributed by atoms with Crippen molar-refractivity contribution in [2.75, 3.05) is 107 Å². The monoisotopic (exact) mass is 1460 g/mol. The molecular formula is C90H112Cl4N8. The minimum atomic E-state index is -2.16. The van der Waals surface area contributed by atoms with Crippen LogP contribution in [-0.2, 0) is 0 Å². The second-order valence-corrected chi connectivity index (χ2v) is 34.0. The SMILES string of the molecule is [2H]C([2H])([2H])N1CCN([C@@H]2C[C@@H](c3ccccc3)c3ccc(Cl)cc32)CC1(C)C.[2H]C1([2H])CN([C@@H]2C[C@@H](c3ccccc3)c3ccc(Cl)cc32)CC(C)(C)N1C.[2H]c1c([2H])c(C)c([2H])c([C@@H]2C[C@@H](N3CCN(C([2H])([2H])[2H])C(C)(C)C3)c3cc(Cl)ccc32)c1[2H].[2H]c1c([2H])c(C)c([2H])c([C@@H]2C[C@@H](N3CCN(C)C(C)(C)C3)c3cc(Cl)ccc32)c1[2H]. The molecule has 0 radical (unpaired) electrons. The summed E-state index contributed by atoms with van der Waals surface area (Å²) < 4.78 is 131. The zero-order valence-corrected chi connectivity index (χ0v) is 64.5. The molecule has 8 atom stereocenters. The van der Waals surface area contributed by atoms with E-state index in [4.69, 9.17) is 68.3 Å². The van der Waals surface area contributed by atoms with E-state index in [1.807, 2.05) is 88.2 Å². The minimum absolute atomic E-state index is 0.0135. The normalized spacial score (nSPS) is 29.3. The molecule has 16 rings (SSSR count). The van der Waals surface area contributed by atoms with Crippen molar-refractivity contribution in [3.8, 4) is 0 Å². The molecule has 12 heteroatoms. The van der Waals surface area contributed by atoms with Gasteiger partial charge in [0.25, 0.3) is 0 Å². The fraction of sp³-hybridized carbons (Fsp3) is 0.467. The Morgan fingerprint density at radius 3 is 0.951 bits per heavy atom. The van der Waals surface area contributed by atoms with Crippen LogP contribution in [0.3, 0.4) is 0 Å². The highest BCUT2D eigenvalue weighted by Crippen LogP contribution is 2.53. The van der Waals surface area contributed by atoms with Crippen molar-refractivity contribution in [2.24, 2.45) is 0 Å². The van der Waals surface area contributed by atoms with Crippen LogP contribution in [0, 0.1) is 13.8 Å². The average Bonchev–Trinajstić information content (AvgIpc) is 1.59. The van der Waals surface area contributed by atoms with Gasteiger partial charge in [-0.1, -0.05) is 191 Å². The summed E-state index contributed by atoms with van der Waals surface area (Å²) in [6.45, 7) is 22.2. The lowest BCUT2D eigenvalue weighted by molar-refractivity contribution is 0.0158. The Kier molecular flexibility index (Phi) is 17.2. The first-order valence-corrected chi connectivity index (χ1v) is 38.0. The van der Waals surface area contributed by atoms with E-state index in [-0.39, 0.29) is 95.4 Å². The molecule has 0 amide bonds. The summed E-state index contributed by atoms with van der Waals surface area (Å²) in [6.07, 6.45) is 3.36. The Balaban J connectivity index is 0.000000137. The molecule has 8 aromatic rings. The molecule has 0 spiro atoms. The van der Waals surface area contributed by atoms with Crippen LogP contribution in [-0.4, -0.2) is 168 Å². The minimum Gasteiger partial charge on any atom is -0.299 e. The lowest BCUT2D eigenvalue weighted by atomic mass is 9.92. The lowest BCUT2D eigenvalue weighted by Crippen LogP contribution is -2.58. The molecule has 4 fully saturated rings. The third-order valence-electron chi connectivity index (χ3n) is 23.6. The van der Waals surface area contributed by atoms with Gasteiger partial charge in [-0.15, -0.1) is 0 Å². The number of fused-ring (bicyclic) bond motifs is 4. The maximum atomic E-state index is 8.66. The van der Waals surface area contributed by atoms with Crippen LogP contribution in [0.15, 0.2) is 182 Å². The summed E-state index contributed by atoms with van der Waals surface area (Å²) in [7, 11) is 4.06. The molecule has 4 aliphatic heterocycles. The molecule has 4 saturated heterocycles. The summed E-state index contributed by atoms with van der Waals surface area (Å²) in [5.41, 5.74) is 13.0. The quantitative estimate of drug-likeness (QED) is 0.149. The second-order valence-electron chi connectivity index (χ2n) is 32.2. The number of nitrogens with zero attached hydrogens (tertiary/aromatic N) is 8. The first-order chi connectivity index (χ1) is 55.1. The molecule has 0 saturated carbocycles. The van der Waals surface area contributed by atoms with E-state index in [9.17, 15) is 0 Å². The number of piperazine rings is 4. The van der Waals surface area contributed by atoms with Gasteiger partial charge in [-0.25, -0.2) is 0 Å². The Bertz CT molecular complexity index is 4950. The molecule has 4 aliphatic carbocycles. The molecule has 540 valence electrons. The van der Waals surface area contributed by atoms with Crippen LogP contribution >= 0.6 is 46.4 Å². The molecule has 0 unspecified atom stereocenters. The van der Waals surface area contributed by atoms with Crippen LogP contribution in [0.2, 0.25) is 20.1 Å². The van der Waals surface area contributed by atoms with Crippen molar-refractivity contribution in [3.05, 3.63) is 280 Å². The molecule has 0 bridgehead atoms. The van der Waals surface area contributed by atoms with E-state index in [0.717, 1.165) is 85.3 Å². The van der Waals surface area contributed by atoms with E-state index in [2.05, 4.69) is 144 Å². The van der Waals surface area contributed by atoms with Crippen LogP contribution in [0.1, 0.15) is 229 Å². The summed E-state index contributed by atoms with van der Waals surface area (Å²) in [4.78, 5) is 17.1. The molecule has 8 aliphatic rings. The molecule has 4 heterocycles. The zero-order chi connectivity index (χ0) is 85.9. The van der Waals surface area contributed by atoms with Gasteiger partial charge in [0.2, 0.25) is 0 Å². The van der Waals surface area contributed by atoms with Gasteiger partial charge >= 0.3 is 0 Å². The molecule has 102 heavy (non-hydrogen) atoms. The maximum Gasteiger partial charge on any atom is 0.0629 e. The predicted molar refractivity (Wildman–Crippen MR) is 431 cm³/mol. The standard InChI is InChI=1S/2C23H29ClN2.2C22H27ClN2/c2*1-16-6-5-7-17(12-16)20-14-22(21-13-18(24)8-9-19(20)21)26-11-10-25(4)23(2,3)15-26;2*1-22(2)15-25(12-11-24(22)3)21-14-19(16-7-5-4-6-8-16)18-10-9-17(23)13-20(18)21/h2*5-9,12-13,20,22H,10-11,14-15H2,1-4H3;2*4-10,13,19,21H,11-12,14-15H2,1-3H3/t2*20-,22+;2*19-,21+/m0000/s1/i4D3,5D,6D,7D,12D;5D,6D,7D,12D;11D2;3D3. The van der Waals surface area contributed by atoms with Gasteiger partial charge in [0.05, 0.1) is 11.0 Å². The largest absolute Gasteiger partial charge is 0.299 e. The Morgan fingerprint density at radius 1 is 0.353 bits per heavy atom. The second kappa shape index (κ2) is 30.8. The van der Waals surface area contributed by atoms with Gasteiger partial charge in [0.15, 0.2) is 0 Å². The van der Waals surface area contributed by atoms with Crippen LogP contribution in [0.25, 0.3) is 0 Å². The highest BCUT2D eigenvalue weighted by Gasteiger charge is 2.45. The number of likely N-dealkylation sites (N-methyl/N-ethyl adjacent to an activating group) is 4. The molecule has 8 aromatic carbocycles. The van der Waals surface area contributed by atoms with Crippen molar-refractivity contribution in [1.82, 2.24) is 39.2 Å². The van der Waals surface area contributed by atoms with Gasteiger partial charge in [-0.05, 0) is 238 Å². The number of hydrogen-bond acceptors (Lipinski definition) is 8.